The summed E-state index contributed by atoms with van der Waals surface area (Å²) in [6.45, 7) is 0. The number of benzene rings is 1. The molecular formula is C32H4F4N10. The summed E-state index contributed by atoms with van der Waals surface area (Å²) in [6.07, 6.45) is 0. The topological polar surface area (TPSA) is 216 Å². The van der Waals surface area contributed by atoms with E-state index in [1.165, 1.54) is 24.3 Å². The molecule has 2 aliphatic carbocycles. The first-order valence-corrected chi connectivity index (χ1v) is 12.3. The molecule has 2 aromatic heterocycles. The second-order valence-electron chi connectivity index (χ2n) is 9.08. The van der Waals surface area contributed by atoms with Crippen molar-refractivity contribution in [3.8, 4) is 48.6 Å². The van der Waals surface area contributed by atoms with Crippen LogP contribution in [0.15, 0.2) is 35.4 Å². The lowest BCUT2D eigenvalue weighted by molar-refractivity contribution is 0.581. The van der Waals surface area contributed by atoms with Crippen molar-refractivity contribution < 1.29 is 17.6 Å². The molecule has 2 aliphatic rings. The highest BCUT2D eigenvalue weighted by molar-refractivity contribution is 6.30. The minimum Gasteiger partial charge on any atom is -0.208 e. The van der Waals surface area contributed by atoms with E-state index in [0.29, 0.717) is 0 Å². The third-order valence-electron chi connectivity index (χ3n) is 7.02. The molecule has 0 atom stereocenters. The van der Waals surface area contributed by atoms with Crippen molar-refractivity contribution in [2.75, 3.05) is 0 Å². The quantitative estimate of drug-likeness (QED) is 0.209. The average Bonchev–Trinajstić information content (AvgIpc) is 3.59. The van der Waals surface area contributed by atoms with Gasteiger partial charge in [0.15, 0.2) is 11.4 Å². The molecule has 0 saturated heterocycles. The fraction of sp³-hybridized carbons (Fsp3) is 0. The molecule has 0 saturated carbocycles. The molecule has 0 unspecified atom stereocenters. The third kappa shape index (κ3) is 3.96. The van der Waals surface area contributed by atoms with E-state index in [1.54, 1.807) is 24.3 Å². The van der Waals surface area contributed by atoms with Gasteiger partial charge in [-0.1, -0.05) is 0 Å². The van der Waals surface area contributed by atoms with E-state index >= 15 is 8.78 Å². The van der Waals surface area contributed by atoms with Gasteiger partial charge in [-0.2, -0.15) is 50.9 Å². The first kappa shape index (κ1) is 29.6. The molecule has 0 bridgehead atoms. The maximum absolute atomic E-state index is 17.1. The third-order valence-corrected chi connectivity index (χ3v) is 7.02. The van der Waals surface area contributed by atoms with Crippen LogP contribution in [0.4, 0.5) is 17.6 Å². The fourth-order valence-electron chi connectivity index (χ4n) is 5.36. The number of aromatic nitrogens is 2. The van der Waals surface area contributed by atoms with Gasteiger partial charge in [-0.15, -0.1) is 0 Å². The highest BCUT2D eigenvalue weighted by atomic mass is 19.1. The van der Waals surface area contributed by atoms with Crippen molar-refractivity contribution in [1.29, 1.82) is 42.1 Å². The summed E-state index contributed by atoms with van der Waals surface area (Å²) in [5.41, 5.74) is -11.2. The van der Waals surface area contributed by atoms with Crippen LogP contribution in [0.3, 0.4) is 0 Å². The van der Waals surface area contributed by atoms with Crippen LogP contribution >= 0.6 is 0 Å². The Balaban J connectivity index is 2.08. The van der Waals surface area contributed by atoms with Gasteiger partial charge in [0.2, 0.25) is 11.9 Å². The molecule has 0 N–H and O–H groups in total. The predicted octanol–water partition coefficient (Wildman–Crippen LogP) is 5.27. The van der Waals surface area contributed by atoms with Crippen molar-refractivity contribution in [2.45, 2.75) is 0 Å². The molecule has 0 fully saturated rings. The minimum atomic E-state index is -1.50. The highest BCUT2D eigenvalue weighted by Crippen LogP contribution is 2.57. The summed E-state index contributed by atoms with van der Waals surface area (Å²) in [5, 5.41) is 79.0. The minimum absolute atomic E-state index is 0.369. The Hall–Kier alpha value is -7.88. The van der Waals surface area contributed by atoms with Crippen molar-refractivity contribution in [3.05, 3.63) is 104 Å². The van der Waals surface area contributed by atoms with Gasteiger partial charge >= 0.3 is 0 Å². The van der Waals surface area contributed by atoms with Crippen LogP contribution in [0.5, 0.6) is 0 Å². The van der Waals surface area contributed by atoms with Crippen LogP contribution in [0.1, 0.15) is 44.8 Å². The van der Waals surface area contributed by atoms with Gasteiger partial charge in [0.25, 0.3) is 0 Å². The molecule has 10 nitrogen and oxygen atoms in total. The molecule has 0 radical (unpaired) electrons. The lowest BCUT2D eigenvalue weighted by Crippen LogP contribution is -2.05. The van der Waals surface area contributed by atoms with E-state index in [4.69, 9.17) is 0 Å². The van der Waals surface area contributed by atoms with Gasteiger partial charge in [-0.05, 0) is 24.3 Å². The lowest BCUT2D eigenvalue weighted by atomic mass is 9.88. The number of rotatable bonds is 2. The zero-order valence-electron chi connectivity index (χ0n) is 22.3. The number of fused-ring (bicyclic) bond motifs is 2. The van der Waals surface area contributed by atoms with Crippen molar-refractivity contribution in [1.82, 2.24) is 9.97 Å². The number of hydrogen-bond acceptors (Lipinski definition) is 10. The molecule has 3 aromatic rings. The van der Waals surface area contributed by atoms with Crippen molar-refractivity contribution in [3.63, 3.8) is 0 Å². The Kier molecular flexibility index (Phi) is 7.13. The fourth-order valence-corrected chi connectivity index (χ4v) is 5.36. The molecule has 210 valence electrons. The first-order chi connectivity index (χ1) is 22.2. The molecule has 0 amide bonds. The Morgan fingerprint density at radius 1 is 0.478 bits per heavy atom. The molecule has 0 aliphatic heterocycles. The Labute approximate surface area is 255 Å². The van der Waals surface area contributed by atoms with E-state index in [2.05, 4.69) is 9.97 Å². The molecule has 1 aromatic carbocycles. The van der Waals surface area contributed by atoms with Gasteiger partial charge in [-0.25, -0.2) is 18.7 Å². The smallest absolute Gasteiger partial charge is 0.208 e. The summed E-state index contributed by atoms with van der Waals surface area (Å²) < 4.78 is 61.9. The predicted molar refractivity (Wildman–Crippen MR) is 145 cm³/mol. The summed E-state index contributed by atoms with van der Waals surface area (Å²) >= 11 is 0. The van der Waals surface area contributed by atoms with Crippen LogP contribution in [0, 0.1) is 114 Å². The zero-order valence-corrected chi connectivity index (χ0v) is 22.3. The van der Waals surface area contributed by atoms with Crippen LogP contribution in [0.2, 0.25) is 0 Å². The summed E-state index contributed by atoms with van der Waals surface area (Å²) in [6, 6.07) is 16.0. The summed E-state index contributed by atoms with van der Waals surface area (Å²) in [5.74, 6) is -5.24. The molecular weight excluding hydrogens is 600 g/mol. The summed E-state index contributed by atoms with van der Waals surface area (Å²) in [4.78, 5) is 6.87. The normalized spacial score (nSPS) is 12.3. The van der Waals surface area contributed by atoms with Crippen LogP contribution < -0.4 is 0 Å². The highest BCUT2D eigenvalue weighted by Gasteiger charge is 2.45. The van der Waals surface area contributed by atoms with Crippen molar-refractivity contribution >= 4 is 33.4 Å². The van der Waals surface area contributed by atoms with E-state index in [0.717, 1.165) is 24.3 Å². The second-order valence-corrected chi connectivity index (χ2v) is 9.08. The zero-order chi connectivity index (χ0) is 33.4. The van der Waals surface area contributed by atoms with Gasteiger partial charge in [-0.3, -0.25) is 0 Å². The first-order valence-electron chi connectivity index (χ1n) is 12.3. The number of nitrogens with zero attached hydrogens (tertiary/aromatic N) is 10. The maximum atomic E-state index is 17.1. The van der Waals surface area contributed by atoms with E-state index in [1.807, 2.05) is 0 Å². The van der Waals surface area contributed by atoms with Crippen LogP contribution in [0.25, 0.3) is 33.4 Å². The molecule has 2 heterocycles. The van der Waals surface area contributed by atoms with Gasteiger partial charge < -0.3 is 0 Å². The van der Waals surface area contributed by atoms with E-state index < -0.39 is 102 Å². The number of hydrogen-bond donors (Lipinski definition) is 0. The van der Waals surface area contributed by atoms with Crippen molar-refractivity contribution in [2.24, 2.45) is 0 Å². The van der Waals surface area contributed by atoms with Crippen LogP contribution in [-0.2, 0) is 0 Å². The second kappa shape index (κ2) is 11.1. The molecule has 46 heavy (non-hydrogen) atoms. The molecule has 0 spiro atoms. The molecule has 5 rings (SSSR count). The van der Waals surface area contributed by atoms with Crippen LogP contribution in [-0.4, -0.2) is 9.97 Å². The van der Waals surface area contributed by atoms with E-state index in [9.17, 15) is 50.9 Å². The lowest BCUT2D eigenvalue weighted by Gasteiger charge is -2.15. The standard InChI is InChI=1S/C32H4F4N10/c33-21-3-1-15(19(11-43)45-21)25-17(9-41)27-29(23(25)13(5-37)6-38)32(36)30-24(14(7-39)8-40)26(18(10-42)28(30)31(27)35)16-2-4-22(34)46-20(16)12-44/h1-4H. The summed E-state index contributed by atoms with van der Waals surface area (Å²) in [7, 11) is 0. The van der Waals surface area contributed by atoms with Gasteiger partial charge in [0, 0.05) is 55.7 Å². The Morgan fingerprint density at radius 2 is 0.826 bits per heavy atom. The average molecular weight is 604 g/mol. The van der Waals surface area contributed by atoms with E-state index in [-0.39, 0.29) is 11.1 Å². The number of pyridine rings is 2. The largest absolute Gasteiger partial charge is 0.214 e. The maximum Gasteiger partial charge on any atom is 0.214 e. The van der Waals surface area contributed by atoms with Gasteiger partial charge in [0.1, 0.15) is 71.3 Å². The van der Waals surface area contributed by atoms with Gasteiger partial charge in [0.05, 0.1) is 11.1 Å². The SMILES string of the molecule is N#CC(C#N)=C1C(c2ccc(F)nc2C#N)=C(C#N)c2c(F)c3c(c(F)c21)C(=C(C#N)C#N)C(c1ccc(F)nc1C#N)=C3C#N. The number of allylic oxidation sites excluding steroid dienone is 8. The Bertz CT molecular complexity index is 2300. The number of halogens is 4. The number of nitriles is 8. The molecule has 14 heteroatoms. The monoisotopic (exact) mass is 604 g/mol. The Morgan fingerprint density at radius 3 is 1.13 bits per heavy atom.